The summed E-state index contributed by atoms with van der Waals surface area (Å²) in [5, 5.41) is 4.37. The maximum atomic E-state index is 12.3. The van der Waals surface area contributed by atoms with Crippen molar-refractivity contribution in [1.29, 1.82) is 0 Å². The number of nitrogens with zero attached hydrogens (tertiary/aromatic N) is 1. The minimum atomic E-state index is -0.0352. The molecule has 5 heteroatoms. The molecule has 0 fully saturated rings. The molecule has 31 heavy (non-hydrogen) atoms. The summed E-state index contributed by atoms with van der Waals surface area (Å²) in [6.45, 7) is 10.1. The monoisotopic (exact) mass is 421 g/mol. The summed E-state index contributed by atoms with van der Waals surface area (Å²) in [6.07, 6.45) is 2.57. The van der Waals surface area contributed by atoms with Crippen LogP contribution in [0.25, 0.3) is 21.5 Å². The van der Waals surface area contributed by atoms with E-state index in [0.717, 1.165) is 32.9 Å². The number of carbonyl (C=O) groups excluding carboxylic acids is 1. The van der Waals surface area contributed by atoms with Crippen LogP contribution < -0.4 is 14.2 Å². The fourth-order valence-electron chi connectivity index (χ4n) is 4.39. The van der Waals surface area contributed by atoms with Gasteiger partial charge >= 0.3 is 0 Å². The van der Waals surface area contributed by atoms with Crippen LogP contribution in [-0.4, -0.2) is 38.2 Å². The Balaban J connectivity index is 0.00000132. The van der Waals surface area contributed by atoms with Gasteiger partial charge in [-0.05, 0) is 63.4 Å². The number of benzene rings is 3. The molecule has 1 aliphatic heterocycles. The number of carbonyl (C=O) groups is 1. The summed E-state index contributed by atoms with van der Waals surface area (Å²) >= 11 is 0. The zero-order chi connectivity index (χ0) is 22.7. The molecule has 5 nitrogen and oxygen atoms in total. The van der Waals surface area contributed by atoms with Crippen molar-refractivity contribution >= 4 is 27.5 Å². The highest BCUT2D eigenvalue weighted by Gasteiger charge is 2.29. The first-order chi connectivity index (χ1) is 15.0. The van der Waals surface area contributed by atoms with E-state index in [0.29, 0.717) is 24.5 Å². The van der Waals surface area contributed by atoms with Gasteiger partial charge in [0, 0.05) is 13.5 Å². The van der Waals surface area contributed by atoms with Gasteiger partial charge in [-0.1, -0.05) is 26.0 Å². The van der Waals surface area contributed by atoms with Gasteiger partial charge in [0.15, 0.2) is 11.5 Å². The lowest BCUT2D eigenvalue weighted by Crippen LogP contribution is -2.42. The molecule has 0 aromatic heterocycles. The normalized spacial score (nSPS) is 15.0. The molecule has 3 aromatic carbocycles. The van der Waals surface area contributed by atoms with E-state index in [-0.39, 0.29) is 11.9 Å². The van der Waals surface area contributed by atoms with Crippen LogP contribution >= 0.6 is 0 Å². The molecule has 0 saturated heterocycles. The van der Waals surface area contributed by atoms with Crippen molar-refractivity contribution in [3.63, 3.8) is 0 Å². The minimum absolute atomic E-state index is 0.0352. The maximum absolute atomic E-state index is 12.3. The first kappa shape index (κ1) is 22.5. The van der Waals surface area contributed by atoms with Gasteiger partial charge in [0.2, 0.25) is 5.91 Å². The van der Waals surface area contributed by atoms with Crippen LogP contribution in [0.1, 0.15) is 31.9 Å². The predicted molar refractivity (Wildman–Crippen MR) is 126 cm³/mol. The van der Waals surface area contributed by atoms with Crippen molar-refractivity contribution in [3.8, 4) is 17.2 Å². The van der Waals surface area contributed by atoms with E-state index in [1.807, 2.05) is 49.1 Å². The maximum Gasteiger partial charge on any atom is 0.220 e. The molecule has 0 spiro atoms. The summed E-state index contributed by atoms with van der Waals surface area (Å²) in [4.78, 5) is 14.2. The quantitative estimate of drug-likeness (QED) is 0.412. The third-order valence-corrected chi connectivity index (χ3v) is 5.87. The molecule has 1 amide bonds. The van der Waals surface area contributed by atoms with E-state index in [1.165, 1.54) is 5.56 Å². The third kappa shape index (κ3) is 3.80. The standard InChI is InChI=1S/C24H25NO4.C2H6/c1-6-15-9-18-20-11-23(28-4)24(29-5)12-21(20)19-10-16(27-3)7-8-17(19)22(18)13-25(15)14(2)26;1-2/h6-8,10-12,15H,1,9,13H2,2-5H3;1-2H3. The lowest BCUT2D eigenvalue weighted by molar-refractivity contribution is -0.131. The van der Waals surface area contributed by atoms with Crippen LogP contribution in [0.4, 0.5) is 0 Å². The number of rotatable bonds is 4. The molecule has 1 aliphatic rings. The van der Waals surface area contributed by atoms with Gasteiger partial charge < -0.3 is 19.1 Å². The van der Waals surface area contributed by atoms with Crippen molar-refractivity contribution < 1.29 is 19.0 Å². The second kappa shape index (κ2) is 9.29. The van der Waals surface area contributed by atoms with Crippen LogP contribution in [0.2, 0.25) is 0 Å². The minimum Gasteiger partial charge on any atom is -0.497 e. The van der Waals surface area contributed by atoms with Crippen molar-refractivity contribution in [2.45, 2.75) is 39.8 Å². The molecule has 3 aromatic rings. The Morgan fingerprint density at radius 3 is 2.10 bits per heavy atom. The second-order valence-electron chi connectivity index (χ2n) is 7.28. The predicted octanol–water partition coefficient (Wildman–Crippen LogP) is 5.50. The molecular weight excluding hydrogens is 390 g/mol. The smallest absolute Gasteiger partial charge is 0.220 e. The zero-order valence-corrected chi connectivity index (χ0v) is 19.2. The highest BCUT2D eigenvalue weighted by Crippen LogP contribution is 2.43. The Morgan fingerprint density at radius 1 is 0.935 bits per heavy atom. The van der Waals surface area contributed by atoms with Crippen LogP contribution in [0.3, 0.4) is 0 Å². The topological polar surface area (TPSA) is 48.0 Å². The molecular formula is C26H31NO4. The summed E-state index contributed by atoms with van der Waals surface area (Å²) in [5.41, 5.74) is 2.39. The average molecular weight is 422 g/mol. The van der Waals surface area contributed by atoms with E-state index in [9.17, 15) is 4.79 Å². The van der Waals surface area contributed by atoms with Crippen molar-refractivity contribution in [3.05, 3.63) is 54.1 Å². The first-order valence-corrected chi connectivity index (χ1v) is 10.6. The van der Waals surface area contributed by atoms with E-state index in [1.54, 1.807) is 28.3 Å². The van der Waals surface area contributed by atoms with E-state index in [2.05, 4.69) is 12.6 Å². The number of fused-ring (bicyclic) bond motifs is 6. The molecule has 0 radical (unpaired) electrons. The van der Waals surface area contributed by atoms with Crippen LogP contribution in [0.15, 0.2) is 43.0 Å². The molecule has 4 rings (SSSR count). The molecule has 164 valence electrons. The number of hydrogen-bond donors (Lipinski definition) is 0. The summed E-state index contributed by atoms with van der Waals surface area (Å²) < 4.78 is 16.6. The lowest BCUT2D eigenvalue weighted by atomic mass is 9.84. The van der Waals surface area contributed by atoms with Gasteiger partial charge in [-0.25, -0.2) is 0 Å². The highest BCUT2D eigenvalue weighted by atomic mass is 16.5. The Bertz CT molecular complexity index is 1140. The highest BCUT2D eigenvalue weighted by molar-refractivity contribution is 6.12. The fourth-order valence-corrected chi connectivity index (χ4v) is 4.39. The first-order valence-electron chi connectivity index (χ1n) is 10.6. The van der Waals surface area contributed by atoms with Crippen LogP contribution in [0, 0.1) is 0 Å². The number of hydrogen-bond acceptors (Lipinski definition) is 4. The van der Waals surface area contributed by atoms with Crippen molar-refractivity contribution in [2.75, 3.05) is 21.3 Å². The summed E-state index contributed by atoms with van der Waals surface area (Å²) in [6, 6.07) is 10.1. The molecule has 1 heterocycles. The van der Waals surface area contributed by atoms with Gasteiger partial charge in [0.1, 0.15) is 5.75 Å². The Hall–Kier alpha value is -3.21. The molecule has 0 saturated carbocycles. The fraction of sp³-hybridized carbons (Fsp3) is 0.346. The lowest BCUT2D eigenvalue weighted by Gasteiger charge is -2.36. The number of methoxy groups -OCH3 is 3. The van der Waals surface area contributed by atoms with Gasteiger partial charge in [-0.2, -0.15) is 0 Å². The molecule has 0 bridgehead atoms. The average Bonchev–Trinajstić information content (AvgIpc) is 2.83. The Kier molecular flexibility index (Phi) is 6.74. The molecule has 1 unspecified atom stereocenters. The third-order valence-electron chi connectivity index (χ3n) is 5.87. The van der Waals surface area contributed by atoms with Gasteiger partial charge in [-0.3, -0.25) is 4.79 Å². The van der Waals surface area contributed by atoms with Gasteiger partial charge in [-0.15, -0.1) is 6.58 Å². The van der Waals surface area contributed by atoms with Crippen LogP contribution in [-0.2, 0) is 17.8 Å². The van der Waals surface area contributed by atoms with Crippen molar-refractivity contribution in [2.24, 2.45) is 0 Å². The van der Waals surface area contributed by atoms with Crippen molar-refractivity contribution in [1.82, 2.24) is 4.90 Å². The molecule has 0 aliphatic carbocycles. The molecule has 1 atom stereocenters. The largest absolute Gasteiger partial charge is 0.497 e. The number of amides is 1. The van der Waals surface area contributed by atoms with E-state index < -0.39 is 0 Å². The van der Waals surface area contributed by atoms with E-state index in [4.69, 9.17) is 14.2 Å². The zero-order valence-electron chi connectivity index (χ0n) is 19.2. The Morgan fingerprint density at radius 2 is 1.55 bits per heavy atom. The second-order valence-corrected chi connectivity index (χ2v) is 7.28. The van der Waals surface area contributed by atoms with Crippen LogP contribution in [0.5, 0.6) is 17.2 Å². The van der Waals surface area contributed by atoms with Gasteiger partial charge in [0.05, 0.1) is 27.4 Å². The SMILES string of the molecule is C=CC1Cc2c(c3ccc(OC)cc3c3cc(OC)c(OC)cc23)CN1C(C)=O.CC. The van der Waals surface area contributed by atoms with Gasteiger partial charge in [0.25, 0.3) is 0 Å². The van der Waals surface area contributed by atoms with E-state index >= 15 is 0 Å². The summed E-state index contributed by atoms with van der Waals surface area (Å²) in [5.74, 6) is 2.21. The Labute approximate surface area is 184 Å². The molecule has 0 N–H and O–H groups in total. The number of ether oxygens (including phenoxy) is 3. The summed E-state index contributed by atoms with van der Waals surface area (Å²) in [7, 11) is 4.95.